The molecular formula is C7H15N3OS. The van der Waals surface area contributed by atoms with Crippen molar-refractivity contribution in [3.63, 3.8) is 0 Å². The van der Waals surface area contributed by atoms with Crippen molar-refractivity contribution in [1.82, 2.24) is 10.6 Å². The van der Waals surface area contributed by atoms with E-state index in [9.17, 15) is 4.79 Å². The maximum absolute atomic E-state index is 11.0. The van der Waals surface area contributed by atoms with Crippen LogP contribution in [0, 0.1) is 0 Å². The van der Waals surface area contributed by atoms with Crippen LogP contribution in [0.25, 0.3) is 0 Å². The topological polar surface area (TPSA) is 67.2 Å². The van der Waals surface area contributed by atoms with Gasteiger partial charge in [-0.15, -0.1) is 0 Å². The van der Waals surface area contributed by atoms with Gasteiger partial charge in [0, 0.05) is 6.54 Å². The van der Waals surface area contributed by atoms with Gasteiger partial charge in [0.15, 0.2) is 0 Å². The van der Waals surface area contributed by atoms with E-state index in [1.165, 1.54) is 0 Å². The van der Waals surface area contributed by atoms with Gasteiger partial charge in [0.2, 0.25) is 0 Å². The van der Waals surface area contributed by atoms with Crippen molar-refractivity contribution in [3.05, 3.63) is 0 Å². The molecule has 0 fully saturated rings. The first-order valence-electron chi connectivity index (χ1n) is 3.76. The maximum atomic E-state index is 11.0. The highest BCUT2D eigenvalue weighted by Gasteiger charge is 2.22. The molecule has 0 aromatic heterocycles. The van der Waals surface area contributed by atoms with Crippen LogP contribution in [-0.4, -0.2) is 23.1 Å². The van der Waals surface area contributed by atoms with Crippen molar-refractivity contribution in [2.45, 2.75) is 26.3 Å². The van der Waals surface area contributed by atoms with Crippen molar-refractivity contribution in [2.75, 3.05) is 6.54 Å². The first-order chi connectivity index (χ1) is 5.40. The summed E-state index contributed by atoms with van der Waals surface area (Å²) in [5.41, 5.74) is 4.77. The molecule has 0 aliphatic rings. The molecule has 0 bridgehead atoms. The van der Waals surface area contributed by atoms with Gasteiger partial charge in [0.25, 0.3) is 0 Å². The molecule has 70 valence electrons. The van der Waals surface area contributed by atoms with Crippen molar-refractivity contribution >= 4 is 23.2 Å². The third kappa shape index (κ3) is 3.52. The van der Waals surface area contributed by atoms with Crippen LogP contribution in [0.1, 0.15) is 20.8 Å². The zero-order valence-corrected chi connectivity index (χ0v) is 8.42. The number of rotatable bonds is 3. The van der Waals surface area contributed by atoms with Crippen molar-refractivity contribution in [3.8, 4) is 0 Å². The summed E-state index contributed by atoms with van der Waals surface area (Å²) >= 11 is 4.77. The molecule has 2 amide bonds. The molecule has 0 atom stereocenters. The molecule has 12 heavy (non-hydrogen) atoms. The first-order valence-corrected chi connectivity index (χ1v) is 4.17. The molecule has 0 rings (SSSR count). The van der Waals surface area contributed by atoms with Gasteiger partial charge in [0.05, 0.1) is 10.5 Å². The zero-order chi connectivity index (χ0) is 9.78. The molecule has 0 unspecified atom stereocenters. The Balaban J connectivity index is 4.06. The number of carbonyl (C=O) groups excluding carboxylic acids is 1. The Hall–Kier alpha value is -0.840. The fourth-order valence-corrected chi connectivity index (χ4v) is 0.601. The molecule has 0 radical (unpaired) electrons. The van der Waals surface area contributed by atoms with Crippen LogP contribution >= 0.6 is 12.2 Å². The van der Waals surface area contributed by atoms with E-state index in [1.54, 1.807) is 13.8 Å². The van der Waals surface area contributed by atoms with Crippen LogP contribution in [0.15, 0.2) is 0 Å². The number of amides is 2. The SMILES string of the molecule is CCNC(=O)NC(C)(C)C(N)=S. The Morgan fingerprint density at radius 3 is 2.42 bits per heavy atom. The largest absolute Gasteiger partial charge is 0.391 e. The molecular weight excluding hydrogens is 174 g/mol. The lowest BCUT2D eigenvalue weighted by molar-refractivity contribution is 0.236. The van der Waals surface area contributed by atoms with E-state index in [2.05, 4.69) is 10.6 Å². The lowest BCUT2D eigenvalue weighted by Crippen LogP contribution is -2.55. The predicted molar refractivity (Wildman–Crippen MR) is 53.1 cm³/mol. The summed E-state index contributed by atoms with van der Waals surface area (Å²) < 4.78 is 0. The van der Waals surface area contributed by atoms with Crippen LogP contribution in [0.3, 0.4) is 0 Å². The Morgan fingerprint density at radius 2 is 2.08 bits per heavy atom. The Morgan fingerprint density at radius 1 is 1.58 bits per heavy atom. The fraction of sp³-hybridized carbons (Fsp3) is 0.714. The van der Waals surface area contributed by atoms with Gasteiger partial charge in [-0.2, -0.15) is 0 Å². The highest BCUT2D eigenvalue weighted by atomic mass is 32.1. The van der Waals surface area contributed by atoms with E-state index in [-0.39, 0.29) is 11.0 Å². The van der Waals surface area contributed by atoms with Gasteiger partial charge in [-0.25, -0.2) is 4.79 Å². The van der Waals surface area contributed by atoms with E-state index in [0.29, 0.717) is 6.54 Å². The van der Waals surface area contributed by atoms with Gasteiger partial charge < -0.3 is 16.4 Å². The first kappa shape index (κ1) is 11.2. The number of urea groups is 1. The standard InChI is InChI=1S/C7H15N3OS/c1-4-9-6(11)10-7(2,3)5(8)12/h4H2,1-3H3,(H2,8,12)(H2,9,10,11). The number of hydrogen-bond acceptors (Lipinski definition) is 2. The summed E-state index contributed by atoms with van der Waals surface area (Å²) in [5, 5.41) is 5.23. The monoisotopic (exact) mass is 189 g/mol. The summed E-state index contributed by atoms with van der Waals surface area (Å²) in [6, 6.07) is -0.254. The minimum absolute atomic E-state index is 0.254. The Kier molecular flexibility index (Phi) is 3.95. The number of nitrogens with one attached hydrogen (secondary N) is 2. The van der Waals surface area contributed by atoms with Crippen molar-refractivity contribution in [1.29, 1.82) is 0 Å². The Bertz CT molecular complexity index is 191. The van der Waals surface area contributed by atoms with Crippen molar-refractivity contribution in [2.24, 2.45) is 5.73 Å². The second kappa shape index (κ2) is 4.25. The predicted octanol–water partition coefficient (Wildman–Crippen LogP) is 0.370. The van der Waals surface area contributed by atoms with E-state index in [4.69, 9.17) is 18.0 Å². The molecule has 0 saturated carbocycles. The minimum atomic E-state index is -0.630. The Labute approximate surface area is 77.9 Å². The lowest BCUT2D eigenvalue weighted by atomic mass is 10.1. The minimum Gasteiger partial charge on any atom is -0.391 e. The highest BCUT2D eigenvalue weighted by molar-refractivity contribution is 7.80. The molecule has 0 aliphatic carbocycles. The summed E-state index contributed by atoms with van der Waals surface area (Å²) in [5.74, 6) is 0. The number of thiocarbonyl (C=S) groups is 1. The molecule has 0 aromatic rings. The average molecular weight is 189 g/mol. The van der Waals surface area contributed by atoms with Crippen LogP contribution in [0.4, 0.5) is 4.79 Å². The zero-order valence-electron chi connectivity index (χ0n) is 7.60. The smallest absolute Gasteiger partial charge is 0.315 e. The summed E-state index contributed by atoms with van der Waals surface area (Å²) in [6.07, 6.45) is 0. The van der Waals surface area contributed by atoms with E-state index in [1.807, 2.05) is 6.92 Å². The molecule has 4 N–H and O–H groups in total. The van der Waals surface area contributed by atoms with Crippen LogP contribution < -0.4 is 16.4 Å². The highest BCUT2D eigenvalue weighted by Crippen LogP contribution is 2.00. The average Bonchev–Trinajstić information content (AvgIpc) is 1.85. The maximum Gasteiger partial charge on any atom is 0.315 e. The molecule has 0 heterocycles. The third-order valence-corrected chi connectivity index (χ3v) is 1.89. The molecule has 0 saturated heterocycles. The summed E-state index contributed by atoms with van der Waals surface area (Å²) in [7, 11) is 0. The van der Waals surface area contributed by atoms with Gasteiger partial charge in [0.1, 0.15) is 0 Å². The normalized spacial score (nSPS) is 10.6. The molecule has 4 nitrogen and oxygen atoms in total. The lowest BCUT2D eigenvalue weighted by Gasteiger charge is -2.24. The molecule has 0 aliphatic heterocycles. The second-order valence-electron chi connectivity index (χ2n) is 2.97. The second-order valence-corrected chi connectivity index (χ2v) is 3.41. The summed E-state index contributed by atoms with van der Waals surface area (Å²) in [4.78, 5) is 11.3. The molecule has 0 aromatic carbocycles. The molecule has 5 heteroatoms. The van der Waals surface area contributed by atoms with Crippen LogP contribution in [0.5, 0.6) is 0 Å². The van der Waals surface area contributed by atoms with Gasteiger partial charge in [-0.05, 0) is 20.8 Å². The van der Waals surface area contributed by atoms with Gasteiger partial charge in [-0.3, -0.25) is 0 Å². The third-order valence-electron chi connectivity index (χ3n) is 1.38. The van der Waals surface area contributed by atoms with Gasteiger partial charge in [-0.1, -0.05) is 12.2 Å². The molecule has 0 spiro atoms. The number of nitrogens with two attached hydrogens (primary N) is 1. The quantitative estimate of drug-likeness (QED) is 0.562. The fourth-order valence-electron chi connectivity index (χ4n) is 0.550. The van der Waals surface area contributed by atoms with E-state index >= 15 is 0 Å². The van der Waals surface area contributed by atoms with E-state index < -0.39 is 5.54 Å². The van der Waals surface area contributed by atoms with E-state index in [0.717, 1.165) is 0 Å². The summed E-state index contributed by atoms with van der Waals surface area (Å²) in [6.45, 7) is 5.93. The van der Waals surface area contributed by atoms with Gasteiger partial charge >= 0.3 is 6.03 Å². The number of carbonyl (C=O) groups is 1. The van der Waals surface area contributed by atoms with Crippen molar-refractivity contribution < 1.29 is 4.79 Å². The van der Waals surface area contributed by atoms with Crippen LogP contribution in [0.2, 0.25) is 0 Å². The number of hydrogen-bond donors (Lipinski definition) is 3. The van der Waals surface area contributed by atoms with Crippen LogP contribution in [-0.2, 0) is 0 Å².